The van der Waals surface area contributed by atoms with Crippen LogP contribution in [0.25, 0.3) is 0 Å². The van der Waals surface area contributed by atoms with Crippen LogP contribution in [-0.4, -0.2) is 65.6 Å². The van der Waals surface area contributed by atoms with Crippen molar-refractivity contribution < 1.29 is 41.1 Å². The molecule has 1 aromatic carbocycles. The van der Waals surface area contributed by atoms with E-state index in [1.54, 1.807) is 24.3 Å². The monoisotopic (exact) mass is 736 g/mol. The van der Waals surface area contributed by atoms with Crippen molar-refractivity contribution in [2.75, 3.05) is 20.3 Å². The predicted octanol–water partition coefficient (Wildman–Crippen LogP) is 8.54. The average Bonchev–Trinajstić information content (AvgIpc) is 3.41. The summed E-state index contributed by atoms with van der Waals surface area (Å²) in [6, 6.07) is 6.72. The molecule has 4 rings (SSSR count). The minimum atomic E-state index is -4.05. The molecule has 0 bridgehead atoms. The standard InChI is InChI=1S/C39H57ClO9S/c1-28-17-21-31(22-18-28)50(42,43)49-36-27-35(48-39-16-10-12-26-46-39)33(32(36)13-7-5-6-8-14-37(41)44-4)23-24-34(29(2)19-20-30(3)40)47-38-15-9-11-25-45-38/h5,7,17-18,20-24,29,32-36,38-39H,6,8-16,19,25-27H2,1-4H3/t29?,32-,33-,34-,35-,36-,38?,39?/m1/s1. The van der Waals surface area contributed by atoms with Gasteiger partial charge in [-0.1, -0.05) is 66.6 Å². The molecule has 2 heterocycles. The molecule has 1 saturated carbocycles. The Morgan fingerprint density at radius 3 is 2.36 bits per heavy atom. The highest BCUT2D eigenvalue weighted by atomic mass is 35.5. The van der Waals surface area contributed by atoms with E-state index in [4.69, 9.17) is 39.5 Å². The van der Waals surface area contributed by atoms with Crippen LogP contribution in [0.3, 0.4) is 0 Å². The SMILES string of the molecule is COC(=O)CCCC=CC[C@@H]1[C@@H](C=C[C@@H](OC2CCCCO2)C(C)CC=C(C)Cl)[C@H](OC2CCCCO2)C[C@H]1OS(=O)(=O)c1ccc(C)cc1. The van der Waals surface area contributed by atoms with Crippen LogP contribution in [-0.2, 0) is 42.8 Å². The van der Waals surface area contributed by atoms with Gasteiger partial charge in [-0.3, -0.25) is 8.98 Å². The number of carbonyl (C=O) groups excluding carboxylic acids is 1. The minimum Gasteiger partial charge on any atom is -0.469 e. The molecule has 2 aliphatic heterocycles. The summed E-state index contributed by atoms with van der Waals surface area (Å²) in [7, 11) is -2.66. The maximum atomic E-state index is 13.6. The fraction of sp³-hybridized carbons (Fsp3) is 0.667. The fourth-order valence-corrected chi connectivity index (χ4v) is 7.99. The molecule has 8 atom stereocenters. The van der Waals surface area contributed by atoms with Crippen molar-refractivity contribution >= 4 is 27.7 Å². The quantitative estimate of drug-likeness (QED) is 0.0634. The number of ether oxygens (including phenoxy) is 5. The molecule has 3 aliphatic rings. The number of allylic oxidation sites excluding steroid dienone is 4. The van der Waals surface area contributed by atoms with Gasteiger partial charge in [-0.2, -0.15) is 8.42 Å². The van der Waals surface area contributed by atoms with Gasteiger partial charge in [-0.25, -0.2) is 0 Å². The number of hydrogen-bond acceptors (Lipinski definition) is 9. The highest BCUT2D eigenvalue weighted by Gasteiger charge is 2.46. The molecule has 0 aromatic heterocycles. The summed E-state index contributed by atoms with van der Waals surface area (Å²) in [5.41, 5.74) is 0.965. The summed E-state index contributed by atoms with van der Waals surface area (Å²) in [6.07, 6.45) is 17.6. The third kappa shape index (κ3) is 13.2. The first-order chi connectivity index (χ1) is 24.1. The summed E-state index contributed by atoms with van der Waals surface area (Å²) < 4.78 is 63.3. The Morgan fingerprint density at radius 1 is 1.02 bits per heavy atom. The predicted molar refractivity (Wildman–Crippen MR) is 194 cm³/mol. The van der Waals surface area contributed by atoms with Crippen molar-refractivity contribution in [2.45, 2.75) is 134 Å². The van der Waals surface area contributed by atoms with Gasteiger partial charge in [0.2, 0.25) is 0 Å². The molecular weight excluding hydrogens is 680 g/mol. The Morgan fingerprint density at radius 2 is 1.72 bits per heavy atom. The van der Waals surface area contributed by atoms with Crippen LogP contribution >= 0.6 is 11.6 Å². The third-order valence-electron chi connectivity index (χ3n) is 9.75. The first-order valence-corrected chi connectivity index (χ1v) is 20.1. The Kier molecular flexibility index (Phi) is 17.0. The van der Waals surface area contributed by atoms with Gasteiger partial charge in [0.05, 0.1) is 30.3 Å². The van der Waals surface area contributed by atoms with E-state index in [9.17, 15) is 13.2 Å². The average molecular weight is 737 g/mol. The van der Waals surface area contributed by atoms with Crippen molar-refractivity contribution in [1.29, 1.82) is 0 Å². The number of hydrogen-bond donors (Lipinski definition) is 0. The van der Waals surface area contributed by atoms with Gasteiger partial charge in [0.1, 0.15) is 0 Å². The molecule has 0 radical (unpaired) electrons. The molecule has 0 amide bonds. The molecule has 3 unspecified atom stereocenters. The highest BCUT2D eigenvalue weighted by Crippen LogP contribution is 2.42. The lowest BCUT2D eigenvalue weighted by Crippen LogP contribution is -2.32. The lowest BCUT2D eigenvalue weighted by atomic mass is 9.88. The van der Waals surface area contributed by atoms with Crippen LogP contribution in [0.1, 0.15) is 96.5 Å². The minimum absolute atomic E-state index is 0.107. The highest BCUT2D eigenvalue weighted by molar-refractivity contribution is 7.86. The molecule has 3 fully saturated rings. The second-order valence-electron chi connectivity index (χ2n) is 13.8. The van der Waals surface area contributed by atoms with Crippen molar-refractivity contribution in [2.24, 2.45) is 17.8 Å². The van der Waals surface area contributed by atoms with Crippen LogP contribution in [0, 0.1) is 24.7 Å². The molecule has 0 spiro atoms. The van der Waals surface area contributed by atoms with E-state index < -0.39 is 16.2 Å². The number of aryl methyl sites for hydroxylation is 1. The number of benzene rings is 1. The van der Waals surface area contributed by atoms with Crippen molar-refractivity contribution in [1.82, 2.24) is 0 Å². The summed E-state index contributed by atoms with van der Waals surface area (Å²) in [5.74, 6) is -0.534. The summed E-state index contributed by atoms with van der Waals surface area (Å²) >= 11 is 6.21. The second-order valence-corrected chi connectivity index (χ2v) is 16.0. The fourth-order valence-electron chi connectivity index (χ4n) is 6.77. The van der Waals surface area contributed by atoms with Crippen LogP contribution in [0.5, 0.6) is 0 Å². The summed E-state index contributed by atoms with van der Waals surface area (Å²) in [5, 5.41) is 0.735. The van der Waals surface area contributed by atoms with E-state index in [-0.39, 0.29) is 53.4 Å². The second kappa shape index (κ2) is 20.9. The smallest absolute Gasteiger partial charge is 0.305 e. The lowest BCUT2D eigenvalue weighted by molar-refractivity contribution is -0.193. The van der Waals surface area contributed by atoms with Gasteiger partial charge in [0.15, 0.2) is 12.6 Å². The van der Waals surface area contributed by atoms with E-state index in [2.05, 4.69) is 25.2 Å². The Balaban J connectivity index is 1.63. The molecule has 2 saturated heterocycles. The van der Waals surface area contributed by atoms with Gasteiger partial charge in [-0.15, -0.1) is 0 Å². The molecule has 280 valence electrons. The number of carbonyl (C=O) groups is 1. The molecule has 9 nitrogen and oxygen atoms in total. The number of unbranched alkanes of at least 4 members (excludes halogenated alkanes) is 1. The van der Waals surface area contributed by atoms with E-state index in [0.29, 0.717) is 45.3 Å². The molecular formula is C39H57ClO9S. The summed E-state index contributed by atoms with van der Waals surface area (Å²) in [6.45, 7) is 7.25. The number of methoxy groups -OCH3 is 1. The number of esters is 1. The van der Waals surface area contributed by atoms with Crippen LogP contribution in [0.4, 0.5) is 0 Å². The Hall–Kier alpha value is -2.05. The van der Waals surface area contributed by atoms with Crippen molar-refractivity contribution in [3.8, 4) is 0 Å². The number of rotatable bonds is 18. The Bertz CT molecular complexity index is 1360. The third-order valence-corrected chi connectivity index (χ3v) is 11.3. The topological polar surface area (TPSA) is 107 Å². The maximum Gasteiger partial charge on any atom is 0.305 e. The zero-order valence-corrected chi connectivity index (χ0v) is 31.7. The van der Waals surface area contributed by atoms with Crippen LogP contribution in [0.2, 0.25) is 0 Å². The van der Waals surface area contributed by atoms with Gasteiger partial charge in [0, 0.05) is 37.0 Å². The van der Waals surface area contributed by atoms with Crippen molar-refractivity contribution in [3.05, 3.63) is 65.2 Å². The van der Waals surface area contributed by atoms with Gasteiger partial charge >= 0.3 is 5.97 Å². The van der Waals surface area contributed by atoms with E-state index in [0.717, 1.165) is 55.5 Å². The Labute approximate surface area is 304 Å². The summed E-state index contributed by atoms with van der Waals surface area (Å²) in [4.78, 5) is 11.7. The molecule has 1 aliphatic carbocycles. The van der Waals surface area contributed by atoms with Gasteiger partial charge in [-0.05, 0) is 102 Å². The van der Waals surface area contributed by atoms with E-state index >= 15 is 0 Å². The first kappa shape index (κ1) is 40.7. The molecule has 1 aromatic rings. The zero-order chi connectivity index (χ0) is 35.9. The van der Waals surface area contributed by atoms with Crippen LogP contribution in [0.15, 0.2) is 64.6 Å². The molecule has 50 heavy (non-hydrogen) atoms. The molecule has 0 N–H and O–H groups in total. The first-order valence-electron chi connectivity index (χ1n) is 18.3. The van der Waals surface area contributed by atoms with Crippen LogP contribution < -0.4 is 0 Å². The maximum absolute atomic E-state index is 13.6. The largest absolute Gasteiger partial charge is 0.469 e. The molecule has 11 heteroatoms. The van der Waals surface area contributed by atoms with Gasteiger partial charge in [0.25, 0.3) is 10.1 Å². The zero-order valence-electron chi connectivity index (χ0n) is 30.2. The number of halogens is 1. The van der Waals surface area contributed by atoms with Gasteiger partial charge < -0.3 is 23.7 Å². The normalized spacial score (nSPS) is 27.9. The van der Waals surface area contributed by atoms with Crippen molar-refractivity contribution in [3.63, 3.8) is 0 Å². The van der Waals surface area contributed by atoms with E-state index in [1.165, 1.54) is 7.11 Å². The lowest BCUT2D eigenvalue weighted by Gasteiger charge is -2.31. The van der Waals surface area contributed by atoms with E-state index in [1.807, 2.05) is 26.0 Å².